The van der Waals surface area contributed by atoms with Gasteiger partial charge in [-0.3, -0.25) is 4.79 Å². The molecule has 30 heavy (non-hydrogen) atoms. The molecule has 2 aliphatic carbocycles. The highest BCUT2D eigenvalue weighted by Gasteiger charge is 2.47. The van der Waals surface area contributed by atoms with Crippen LogP contribution in [0, 0.1) is 30.5 Å². The fourth-order valence-corrected chi connectivity index (χ4v) is 4.56. The van der Waals surface area contributed by atoms with E-state index in [0.717, 1.165) is 25.7 Å². The van der Waals surface area contributed by atoms with E-state index in [0.29, 0.717) is 40.0 Å². The number of aromatic amines is 1. The monoisotopic (exact) mass is 411 g/mol. The van der Waals surface area contributed by atoms with Crippen molar-refractivity contribution in [2.45, 2.75) is 58.4 Å². The normalized spacial score (nSPS) is 17.8. The van der Waals surface area contributed by atoms with Gasteiger partial charge in [-0.2, -0.15) is 0 Å². The zero-order valence-electron chi connectivity index (χ0n) is 17.4. The fraction of sp³-hybridized carbons (Fsp3) is 0.545. The Morgan fingerprint density at radius 3 is 2.47 bits per heavy atom. The quantitative estimate of drug-likeness (QED) is 0.600. The van der Waals surface area contributed by atoms with E-state index in [9.17, 15) is 4.79 Å². The summed E-state index contributed by atoms with van der Waals surface area (Å²) >= 11 is 0. The molecule has 2 N–H and O–H groups in total. The third-order valence-electron chi connectivity index (χ3n) is 6.43. The molecule has 5 rings (SSSR count). The van der Waals surface area contributed by atoms with E-state index in [-0.39, 0.29) is 35.3 Å². The standard InChI is InChI=1S/C22H26FN5O2/c1-10(2)14-8-9-15-19(17(14)23)25-21(24-15)20(16(12-4-5-12)13-6-7-13)26-22(29)18-11(3)27-30-28-18/h8-10,12-13,16,20H,4-7H2,1-3H3,(H,24,25)(H,26,29). The smallest absolute Gasteiger partial charge is 0.276 e. The average Bonchev–Trinajstić information content (AvgIpc) is 3.63. The fourth-order valence-electron chi connectivity index (χ4n) is 4.56. The predicted octanol–water partition coefficient (Wildman–Crippen LogP) is 4.42. The molecule has 2 aromatic heterocycles. The van der Waals surface area contributed by atoms with Crippen molar-refractivity contribution < 1.29 is 13.8 Å². The van der Waals surface area contributed by atoms with Gasteiger partial charge in [0, 0.05) is 0 Å². The summed E-state index contributed by atoms with van der Waals surface area (Å²) in [5.41, 5.74) is 2.25. The zero-order chi connectivity index (χ0) is 21.0. The Labute approximate surface area is 173 Å². The molecule has 1 amide bonds. The summed E-state index contributed by atoms with van der Waals surface area (Å²) in [6.45, 7) is 5.61. The number of carbonyl (C=O) groups is 1. The van der Waals surface area contributed by atoms with Gasteiger partial charge in [0.15, 0.2) is 11.5 Å². The van der Waals surface area contributed by atoms with Crippen LogP contribution >= 0.6 is 0 Å². The first-order chi connectivity index (χ1) is 14.4. The number of fused-ring (bicyclic) bond motifs is 1. The Bertz CT molecular complexity index is 1080. The average molecular weight is 411 g/mol. The lowest BCUT2D eigenvalue weighted by molar-refractivity contribution is 0.0898. The number of nitrogens with one attached hydrogen (secondary N) is 2. The van der Waals surface area contributed by atoms with E-state index in [1.54, 1.807) is 6.92 Å². The van der Waals surface area contributed by atoms with Gasteiger partial charge in [-0.15, -0.1) is 0 Å². The summed E-state index contributed by atoms with van der Waals surface area (Å²) in [4.78, 5) is 20.9. The molecular formula is C22H26FN5O2. The summed E-state index contributed by atoms with van der Waals surface area (Å²) in [5, 5.41) is 10.6. The highest BCUT2D eigenvalue weighted by Crippen LogP contribution is 2.54. The molecule has 0 spiro atoms. The van der Waals surface area contributed by atoms with Crippen molar-refractivity contribution in [3.05, 3.63) is 40.7 Å². The van der Waals surface area contributed by atoms with Gasteiger partial charge in [-0.25, -0.2) is 14.0 Å². The first kappa shape index (κ1) is 19.2. The van der Waals surface area contributed by atoms with E-state index >= 15 is 4.39 Å². The highest BCUT2D eigenvalue weighted by atomic mass is 19.1. The molecule has 0 aliphatic heterocycles. The molecule has 7 nitrogen and oxygen atoms in total. The largest absolute Gasteiger partial charge is 0.340 e. The first-order valence-corrected chi connectivity index (χ1v) is 10.7. The second kappa shape index (κ2) is 7.18. The van der Waals surface area contributed by atoms with Crippen LogP contribution in [0.1, 0.15) is 79.1 Å². The van der Waals surface area contributed by atoms with Crippen LogP contribution in [0.3, 0.4) is 0 Å². The summed E-state index contributed by atoms with van der Waals surface area (Å²) in [5.74, 6) is 1.44. The lowest BCUT2D eigenvalue weighted by Gasteiger charge is -2.26. The lowest BCUT2D eigenvalue weighted by Crippen LogP contribution is -2.36. The van der Waals surface area contributed by atoms with Crippen molar-refractivity contribution >= 4 is 16.9 Å². The van der Waals surface area contributed by atoms with Crippen molar-refractivity contribution in [1.82, 2.24) is 25.6 Å². The van der Waals surface area contributed by atoms with E-state index in [2.05, 4.69) is 25.6 Å². The number of carbonyl (C=O) groups excluding carboxylic acids is 1. The maximum atomic E-state index is 15.1. The Morgan fingerprint density at radius 1 is 1.20 bits per heavy atom. The Kier molecular flexibility index (Phi) is 4.60. The van der Waals surface area contributed by atoms with Crippen molar-refractivity contribution in [3.63, 3.8) is 0 Å². The number of imidazole rings is 1. The van der Waals surface area contributed by atoms with Crippen LogP contribution in [0.5, 0.6) is 0 Å². The maximum absolute atomic E-state index is 15.1. The molecule has 8 heteroatoms. The summed E-state index contributed by atoms with van der Waals surface area (Å²) in [6.07, 6.45) is 4.63. The third-order valence-corrected chi connectivity index (χ3v) is 6.43. The van der Waals surface area contributed by atoms with Crippen LogP contribution in [-0.2, 0) is 0 Å². The van der Waals surface area contributed by atoms with E-state index in [4.69, 9.17) is 4.63 Å². The van der Waals surface area contributed by atoms with Gasteiger partial charge < -0.3 is 10.3 Å². The van der Waals surface area contributed by atoms with Crippen LogP contribution in [0.15, 0.2) is 16.8 Å². The van der Waals surface area contributed by atoms with Gasteiger partial charge in [-0.1, -0.05) is 25.1 Å². The number of aryl methyl sites for hydroxylation is 1. The molecule has 2 fully saturated rings. The number of rotatable bonds is 7. The lowest BCUT2D eigenvalue weighted by atomic mass is 9.88. The second-order valence-electron chi connectivity index (χ2n) is 9.04. The van der Waals surface area contributed by atoms with Gasteiger partial charge >= 0.3 is 0 Å². The van der Waals surface area contributed by atoms with Gasteiger partial charge in [-0.05, 0) is 73.1 Å². The molecule has 1 aromatic carbocycles. The molecule has 2 aliphatic rings. The number of hydrogen-bond acceptors (Lipinski definition) is 5. The van der Waals surface area contributed by atoms with Crippen molar-refractivity contribution in [2.75, 3.05) is 0 Å². The molecule has 158 valence electrons. The Morgan fingerprint density at radius 2 is 1.90 bits per heavy atom. The molecule has 3 aromatic rings. The Balaban J connectivity index is 1.55. The minimum atomic E-state index is -0.339. The summed E-state index contributed by atoms with van der Waals surface area (Å²) in [7, 11) is 0. The van der Waals surface area contributed by atoms with E-state index in [1.165, 1.54) is 0 Å². The SMILES string of the molecule is Cc1nonc1C(=O)NC(c1nc2c(F)c(C(C)C)ccc2[nH]1)C(C1CC1)C1CC1. The minimum Gasteiger partial charge on any atom is -0.340 e. The molecule has 1 unspecified atom stereocenters. The third kappa shape index (κ3) is 3.38. The van der Waals surface area contributed by atoms with Crippen LogP contribution in [0.25, 0.3) is 11.0 Å². The topological polar surface area (TPSA) is 96.7 Å². The van der Waals surface area contributed by atoms with Crippen LogP contribution in [0.2, 0.25) is 0 Å². The number of H-pyrrole nitrogens is 1. The number of benzene rings is 1. The number of halogens is 1. The summed E-state index contributed by atoms with van der Waals surface area (Å²) < 4.78 is 19.8. The van der Waals surface area contributed by atoms with Gasteiger partial charge in [0.25, 0.3) is 5.91 Å². The maximum Gasteiger partial charge on any atom is 0.276 e. The molecular weight excluding hydrogens is 385 g/mol. The van der Waals surface area contributed by atoms with Crippen LogP contribution < -0.4 is 5.32 Å². The van der Waals surface area contributed by atoms with Crippen molar-refractivity contribution in [3.8, 4) is 0 Å². The second-order valence-corrected chi connectivity index (χ2v) is 9.04. The van der Waals surface area contributed by atoms with Gasteiger partial charge in [0.05, 0.1) is 11.6 Å². The number of hydrogen-bond donors (Lipinski definition) is 2. The van der Waals surface area contributed by atoms with Crippen molar-refractivity contribution in [1.29, 1.82) is 0 Å². The molecule has 0 saturated heterocycles. The molecule has 2 heterocycles. The molecule has 2 saturated carbocycles. The first-order valence-electron chi connectivity index (χ1n) is 10.7. The number of aromatic nitrogens is 4. The Hall–Kier alpha value is -2.77. The van der Waals surface area contributed by atoms with Crippen LogP contribution in [0.4, 0.5) is 4.39 Å². The van der Waals surface area contributed by atoms with Gasteiger partial charge in [0.2, 0.25) is 0 Å². The zero-order valence-corrected chi connectivity index (χ0v) is 17.4. The summed E-state index contributed by atoms with van der Waals surface area (Å²) in [6, 6.07) is 3.35. The predicted molar refractivity (Wildman–Crippen MR) is 108 cm³/mol. The number of amides is 1. The minimum absolute atomic E-state index is 0.0679. The van der Waals surface area contributed by atoms with E-state index < -0.39 is 0 Å². The number of nitrogens with zero attached hydrogens (tertiary/aromatic N) is 3. The molecule has 0 bridgehead atoms. The van der Waals surface area contributed by atoms with Crippen LogP contribution in [-0.4, -0.2) is 26.2 Å². The van der Waals surface area contributed by atoms with Crippen molar-refractivity contribution in [2.24, 2.45) is 17.8 Å². The van der Waals surface area contributed by atoms with E-state index in [1.807, 2.05) is 26.0 Å². The van der Waals surface area contributed by atoms with Gasteiger partial charge in [0.1, 0.15) is 17.0 Å². The molecule has 0 radical (unpaired) electrons. The highest BCUT2D eigenvalue weighted by molar-refractivity contribution is 5.93. The molecule has 1 atom stereocenters.